The van der Waals surface area contributed by atoms with Gasteiger partial charge < -0.3 is 19.7 Å². The summed E-state index contributed by atoms with van der Waals surface area (Å²) in [6, 6.07) is 13.3. The second kappa shape index (κ2) is 8.72. The average molecular weight is 355 g/mol. The number of quaternary nitrogens is 1. The first kappa shape index (κ1) is 18.3. The minimum atomic E-state index is -0.184. The number of piperidine rings is 1. The van der Waals surface area contributed by atoms with Crippen molar-refractivity contribution in [2.75, 3.05) is 32.6 Å². The van der Waals surface area contributed by atoms with Crippen LogP contribution in [0.5, 0.6) is 11.5 Å². The Labute approximate surface area is 154 Å². The molecule has 1 aliphatic heterocycles. The molecule has 5 heteroatoms. The molecule has 1 fully saturated rings. The van der Waals surface area contributed by atoms with E-state index in [-0.39, 0.29) is 5.91 Å². The number of hydrogen-bond donors (Lipinski definition) is 2. The molecule has 1 saturated heterocycles. The Morgan fingerprint density at radius 2 is 1.58 bits per heavy atom. The van der Waals surface area contributed by atoms with Crippen molar-refractivity contribution in [3.8, 4) is 11.5 Å². The number of likely N-dealkylation sites (tertiary alicyclic amines) is 1. The zero-order valence-corrected chi connectivity index (χ0v) is 15.5. The molecule has 0 radical (unpaired) electrons. The summed E-state index contributed by atoms with van der Waals surface area (Å²) in [5.41, 5.74) is 2.60. The van der Waals surface area contributed by atoms with Crippen LogP contribution in [0.2, 0.25) is 0 Å². The Kier molecular flexibility index (Phi) is 6.12. The van der Waals surface area contributed by atoms with Crippen LogP contribution >= 0.6 is 0 Å². The van der Waals surface area contributed by atoms with Gasteiger partial charge >= 0.3 is 0 Å². The molecule has 2 aromatic carbocycles. The van der Waals surface area contributed by atoms with Crippen molar-refractivity contribution < 1.29 is 19.2 Å². The molecule has 0 saturated carbocycles. The highest BCUT2D eigenvalue weighted by atomic mass is 16.5. The van der Waals surface area contributed by atoms with E-state index in [1.807, 2.05) is 12.1 Å². The largest absolute Gasteiger partial charge is 0.497 e. The first-order valence-electron chi connectivity index (χ1n) is 9.15. The highest BCUT2D eigenvalue weighted by Crippen LogP contribution is 2.23. The summed E-state index contributed by atoms with van der Waals surface area (Å²) < 4.78 is 10.4. The summed E-state index contributed by atoms with van der Waals surface area (Å²) >= 11 is 0. The number of methoxy groups -OCH3 is 2. The third-order valence-corrected chi connectivity index (χ3v) is 4.84. The molecule has 0 spiro atoms. The van der Waals surface area contributed by atoms with E-state index in [0.29, 0.717) is 17.1 Å². The second-order valence-corrected chi connectivity index (χ2v) is 6.74. The van der Waals surface area contributed by atoms with Crippen LogP contribution < -0.4 is 19.7 Å². The van der Waals surface area contributed by atoms with Crippen molar-refractivity contribution in [2.24, 2.45) is 0 Å². The highest BCUT2D eigenvalue weighted by Gasteiger charge is 2.14. The molecule has 2 aromatic rings. The van der Waals surface area contributed by atoms with Gasteiger partial charge in [-0.3, -0.25) is 4.79 Å². The lowest BCUT2D eigenvalue weighted by Crippen LogP contribution is -3.11. The van der Waals surface area contributed by atoms with Crippen molar-refractivity contribution in [1.29, 1.82) is 0 Å². The van der Waals surface area contributed by atoms with Gasteiger partial charge in [0.1, 0.15) is 18.0 Å². The Bertz CT molecular complexity index is 715. The van der Waals surface area contributed by atoms with Gasteiger partial charge in [-0.05, 0) is 43.5 Å². The molecule has 26 heavy (non-hydrogen) atoms. The first-order valence-corrected chi connectivity index (χ1v) is 9.15. The minimum absolute atomic E-state index is 0.184. The second-order valence-electron chi connectivity index (χ2n) is 6.74. The van der Waals surface area contributed by atoms with E-state index in [4.69, 9.17) is 9.47 Å². The van der Waals surface area contributed by atoms with Gasteiger partial charge in [-0.15, -0.1) is 0 Å². The predicted molar refractivity (Wildman–Crippen MR) is 102 cm³/mol. The predicted octanol–water partition coefficient (Wildman–Crippen LogP) is 2.52. The third kappa shape index (κ3) is 4.76. The van der Waals surface area contributed by atoms with Crippen molar-refractivity contribution in [3.05, 3.63) is 53.6 Å². The van der Waals surface area contributed by atoms with Crippen LogP contribution in [0.15, 0.2) is 42.5 Å². The summed E-state index contributed by atoms with van der Waals surface area (Å²) in [5, 5.41) is 2.93. The molecule has 2 N–H and O–H groups in total. The number of nitrogens with one attached hydrogen (secondary N) is 2. The molecule has 1 aliphatic rings. The van der Waals surface area contributed by atoms with Crippen LogP contribution in [0.25, 0.3) is 0 Å². The number of ether oxygens (including phenoxy) is 2. The number of benzene rings is 2. The van der Waals surface area contributed by atoms with Crippen LogP contribution in [0.4, 0.5) is 5.69 Å². The van der Waals surface area contributed by atoms with Crippen LogP contribution in [0.1, 0.15) is 35.2 Å². The summed E-state index contributed by atoms with van der Waals surface area (Å²) in [7, 11) is 3.14. The maximum absolute atomic E-state index is 12.5. The molecule has 1 heterocycles. The molecule has 0 atom stereocenters. The Morgan fingerprint density at radius 3 is 2.15 bits per heavy atom. The van der Waals surface area contributed by atoms with E-state index in [0.717, 1.165) is 12.2 Å². The number of amides is 1. The number of carbonyl (C=O) groups is 1. The molecule has 0 unspecified atom stereocenters. The van der Waals surface area contributed by atoms with Gasteiger partial charge in [0.25, 0.3) is 5.91 Å². The molecule has 1 amide bonds. The Balaban J connectivity index is 1.64. The van der Waals surface area contributed by atoms with Crippen molar-refractivity contribution >= 4 is 11.6 Å². The number of rotatable bonds is 6. The van der Waals surface area contributed by atoms with E-state index >= 15 is 0 Å². The van der Waals surface area contributed by atoms with Gasteiger partial charge in [0.2, 0.25) is 0 Å². The standard InChI is InChI=1S/C21H26N2O3/c1-25-19-12-17(13-20(14-19)26-2)21(24)22-18-8-6-16(7-9-18)15-23-10-4-3-5-11-23/h6-9,12-14H,3-5,10-11,15H2,1-2H3,(H,22,24)/p+1. The zero-order chi connectivity index (χ0) is 18.4. The molecule has 0 aromatic heterocycles. The van der Waals surface area contributed by atoms with Crippen LogP contribution in [-0.2, 0) is 6.54 Å². The van der Waals surface area contributed by atoms with E-state index in [1.54, 1.807) is 37.3 Å². The molecule has 0 bridgehead atoms. The Morgan fingerprint density at radius 1 is 0.962 bits per heavy atom. The van der Waals surface area contributed by atoms with Gasteiger partial charge in [0.05, 0.1) is 27.3 Å². The van der Waals surface area contributed by atoms with E-state index in [2.05, 4.69) is 17.4 Å². The maximum atomic E-state index is 12.5. The summed E-state index contributed by atoms with van der Waals surface area (Å²) in [6.45, 7) is 3.58. The summed E-state index contributed by atoms with van der Waals surface area (Å²) in [5.74, 6) is 1.00. The summed E-state index contributed by atoms with van der Waals surface area (Å²) in [6.07, 6.45) is 4.02. The lowest BCUT2D eigenvalue weighted by atomic mass is 10.1. The maximum Gasteiger partial charge on any atom is 0.255 e. The molecular weight excluding hydrogens is 328 g/mol. The number of hydrogen-bond acceptors (Lipinski definition) is 3. The van der Waals surface area contributed by atoms with Crippen LogP contribution in [-0.4, -0.2) is 33.2 Å². The van der Waals surface area contributed by atoms with Crippen LogP contribution in [0.3, 0.4) is 0 Å². The lowest BCUT2D eigenvalue weighted by Gasteiger charge is -2.23. The first-order chi connectivity index (χ1) is 12.7. The SMILES string of the molecule is COc1cc(OC)cc(C(=O)Nc2ccc(C[NH+]3CCCCC3)cc2)c1. The molecule has 3 rings (SSSR count). The number of anilines is 1. The van der Waals surface area contributed by atoms with Crippen molar-refractivity contribution in [1.82, 2.24) is 0 Å². The highest BCUT2D eigenvalue weighted by molar-refractivity contribution is 6.04. The average Bonchev–Trinajstić information content (AvgIpc) is 2.69. The Hall–Kier alpha value is -2.53. The normalized spacial score (nSPS) is 14.7. The molecular formula is C21H27N2O3+. The smallest absolute Gasteiger partial charge is 0.255 e. The number of carbonyl (C=O) groups excluding carboxylic acids is 1. The van der Waals surface area contributed by atoms with Crippen LogP contribution in [0, 0.1) is 0 Å². The lowest BCUT2D eigenvalue weighted by molar-refractivity contribution is -0.918. The van der Waals surface area contributed by atoms with E-state index in [1.165, 1.54) is 37.9 Å². The topological polar surface area (TPSA) is 52.0 Å². The fraction of sp³-hybridized carbons (Fsp3) is 0.381. The monoisotopic (exact) mass is 355 g/mol. The molecule has 5 nitrogen and oxygen atoms in total. The fourth-order valence-electron chi connectivity index (χ4n) is 3.36. The zero-order valence-electron chi connectivity index (χ0n) is 15.5. The quantitative estimate of drug-likeness (QED) is 0.837. The molecule has 0 aliphatic carbocycles. The van der Waals surface area contributed by atoms with Gasteiger partial charge in [-0.1, -0.05) is 12.1 Å². The van der Waals surface area contributed by atoms with Crippen molar-refractivity contribution in [2.45, 2.75) is 25.8 Å². The van der Waals surface area contributed by atoms with Gasteiger partial charge in [0.15, 0.2) is 0 Å². The van der Waals surface area contributed by atoms with Gasteiger partial charge in [0, 0.05) is 22.9 Å². The van der Waals surface area contributed by atoms with Crippen molar-refractivity contribution in [3.63, 3.8) is 0 Å². The minimum Gasteiger partial charge on any atom is -0.497 e. The third-order valence-electron chi connectivity index (χ3n) is 4.84. The summed E-state index contributed by atoms with van der Waals surface area (Å²) in [4.78, 5) is 14.2. The van der Waals surface area contributed by atoms with Gasteiger partial charge in [-0.25, -0.2) is 0 Å². The van der Waals surface area contributed by atoms with Gasteiger partial charge in [-0.2, -0.15) is 0 Å². The van der Waals surface area contributed by atoms with E-state index in [9.17, 15) is 4.79 Å². The molecule has 138 valence electrons. The fourth-order valence-corrected chi connectivity index (χ4v) is 3.36. The van der Waals surface area contributed by atoms with E-state index < -0.39 is 0 Å².